The summed E-state index contributed by atoms with van der Waals surface area (Å²) in [6, 6.07) is 7.86. The van der Waals surface area contributed by atoms with E-state index in [1.54, 1.807) is 7.11 Å². The van der Waals surface area contributed by atoms with Gasteiger partial charge in [0.1, 0.15) is 12.4 Å². The van der Waals surface area contributed by atoms with E-state index >= 15 is 0 Å². The first kappa shape index (κ1) is 15.2. The van der Waals surface area contributed by atoms with Crippen molar-refractivity contribution in [3.05, 3.63) is 29.8 Å². The number of rotatable bonds is 4. The Labute approximate surface area is 131 Å². The molecule has 0 aromatic heterocycles. The van der Waals surface area contributed by atoms with E-state index in [9.17, 15) is 4.79 Å². The number of benzene rings is 1. The topological polar surface area (TPSA) is 50.8 Å². The first-order valence-electron chi connectivity index (χ1n) is 7.91. The van der Waals surface area contributed by atoms with Crippen LogP contribution in [0, 0.1) is 5.92 Å². The van der Waals surface area contributed by atoms with Gasteiger partial charge in [-0.2, -0.15) is 0 Å². The molecule has 2 heterocycles. The summed E-state index contributed by atoms with van der Waals surface area (Å²) in [5.74, 6) is 1.26. The van der Waals surface area contributed by atoms with Crippen LogP contribution in [0.25, 0.3) is 0 Å². The van der Waals surface area contributed by atoms with Gasteiger partial charge in [0.2, 0.25) is 0 Å². The van der Waals surface area contributed by atoms with Crippen molar-refractivity contribution in [2.24, 2.45) is 5.92 Å². The van der Waals surface area contributed by atoms with E-state index in [-0.39, 0.29) is 11.6 Å². The molecule has 5 nitrogen and oxygen atoms in total. The number of hydrogen-bond acceptors (Lipinski definition) is 4. The molecule has 2 atom stereocenters. The zero-order chi connectivity index (χ0) is 15.6. The smallest absolute Gasteiger partial charge is 0.410 e. The molecule has 2 fully saturated rings. The molecular formula is C17H24N2O3. The largest absolute Gasteiger partial charge is 0.497 e. The number of piperidine rings is 1. The number of amides is 1. The van der Waals surface area contributed by atoms with Gasteiger partial charge in [-0.25, -0.2) is 4.79 Å². The molecule has 1 N–H and O–H groups in total. The molecule has 22 heavy (non-hydrogen) atoms. The van der Waals surface area contributed by atoms with E-state index < -0.39 is 0 Å². The van der Waals surface area contributed by atoms with Crippen LogP contribution in [0.4, 0.5) is 4.79 Å². The van der Waals surface area contributed by atoms with Crippen molar-refractivity contribution in [2.75, 3.05) is 26.8 Å². The number of nitrogens with one attached hydrogen (secondary N) is 1. The maximum atomic E-state index is 12.2. The fraction of sp³-hybridized carbons (Fsp3) is 0.588. The van der Waals surface area contributed by atoms with Gasteiger partial charge in [-0.15, -0.1) is 0 Å². The Bertz CT molecular complexity index is 525. The van der Waals surface area contributed by atoms with Gasteiger partial charge in [-0.05, 0) is 49.9 Å². The Balaban J connectivity index is 1.77. The fourth-order valence-electron chi connectivity index (χ4n) is 3.45. The second kappa shape index (κ2) is 6.16. The predicted octanol–water partition coefficient (Wildman–Crippen LogP) is 2.41. The van der Waals surface area contributed by atoms with Crippen LogP contribution in [-0.4, -0.2) is 43.3 Å². The van der Waals surface area contributed by atoms with Crippen LogP contribution >= 0.6 is 0 Å². The molecule has 1 amide bonds. The van der Waals surface area contributed by atoms with Crippen molar-refractivity contribution in [1.29, 1.82) is 0 Å². The van der Waals surface area contributed by atoms with Crippen molar-refractivity contribution in [3.8, 4) is 5.75 Å². The van der Waals surface area contributed by atoms with Crippen LogP contribution in [0.2, 0.25) is 0 Å². The lowest BCUT2D eigenvalue weighted by Gasteiger charge is -2.41. The number of nitrogens with zero attached hydrogens (tertiary/aromatic N) is 1. The molecule has 2 aliphatic rings. The molecule has 3 rings (SSSR count). The van der Waals surface area contributed by atoms with Gasteiger partial charge < -0.3 is 14.8 Å². The molecule has 2 saturated heterocycles. The van der Waals surface area contributed by atoms with Crippen LogP contribution in [0.3, 0.4) is 0 Å². The molecule has 0 radical (unpaired) electrons. The van der Waals surface area contributed by atoms with Crippen molar-refractivity contribution < 1.29 is 14.3 Å². The first-order valence-corrected chi connectivity index (χ1v) is 7.91. The lowest BCUT2D eigenvalue weighted by atomic mass is 9.80. The maximum absolute atomic E-state index is 12.2. The highest BCUT2D eigenvalue weighted by Crippen LogP contribution is 2.36. The fourth-order valence-corrected chi connectivity index (χ4v) is 3.45. The van der Waals surface area contributed by atoms with Gasteiger partial charge in [-0.3, -0.25) is 4.90 Å². The third kappa shape index (κ3) is 2.77. The van der Waals surface area contributed by atoms with Crippen molar-refractivity contribution in [3.63, 3.8) is 0 Å². The molecule has 2 unspecified atom stereocenters. The van der Waals surface area contributed by atoms with Crippen LogP contribution in [0.5, 0.6) is 5.75 Å². The second-order valence-electron chi connectivity index (χ2n) is 6.39. The summed E-state index contributed by atoms with van der Waals surface area (Å²) in [7, 11) is 1.65. The normalized spacial score (nSPS) is 28.5. The van der Waals surface area contributed by atoms with E-state index in [0.717, 1.165) is 37.2 Å². The zero-order valence-corrected chi connectivity index (χ0v) is 13.3. The zero-order valence-electron chi connectivity index (χ0n) is 13.3. The summed E-state index contributed by atoms with van der Waals surface area (Å²) >= 11 is 0. The Morgan fingerprint density at radius 3 is 2.82 bits per heavy atom. The Morgan fingerprint density at radius 2 is 2.18 bits per heavy atom. The van der Waals surface area contributed by atoms with Crippen molar-refractivity contribution in [2.45, 2.75) is 31.8 Å². The van der Waals surface area contributed by atoms with E-state index in [1.165, 1.54) is 0 Å². The molecule has 0 saturated carbocycles. The third-order valence-electron chi connectivity index (χ3n) is 5.00. The third-order valence-corrected chi connectivity index (χ3v) is 5.00. The molecular weight excluding hydrogens is 280 g/mol. The van der Waals surface area contributed by atoms with Gasteiger partial charge in [-0.1, -0.05) is 12.1 Å². The average molecular weight is 304 g/mol. The monoisotopic (exact) mass is 304 g/mol. The van der Waals surface area contributed by atoms with Gasteiger partial charge in [0, 0.05) is 13.1 Å². The molecule has 2 aliphatic heterocycles. The van der Waals surface area contributed by atoms with Crippen LogP contribution in [-0.2, 0) is 11.3 Å². The lowest BCUT2D eigenvalue weighted by molar-refractivity contribution is 0.0922. The van der Waals surface area contributed by atoms with E-state index in [0.29, 0.717) is 19.1 Å². The van der Waals surface area contributed by atoms with Gasteiger partial charge in [0.25, 0.3) is 0 Å². The van der Waals surface area contributed by atoms with Gasteiger partial charge in [0.15, 0.2) is 0 Å². The summed E-state index contributed by atoms with van der Waals surface area (Å²) in [5.41, 5.74) is 0.861. The van der Waals surface area contributed by atoms with Crippen LogP contribution in [0.1, 0.15) is 25.3 Å². The summed E-state index contributed by atoms with van der Waals surface area (Å²) in [6.45, 7) is 5.23. The van der Waals surface area contributed by atoms with E-state index in [2.05, 4.69) is 12.2 Å². The highest BCUT2D eigenvalue weighted by atomic mass is 16.6. The Morgan fingerprint density at radius 1 is 1.41 bits per heavy atom. The predicted molar refractivity (Wildman–Crippen MR) is 83.9 cm³/mol. The molecule has 0 spiro atoms. The van der Waals surface area contributed by atoms with E-state index in [4.69, 9.17) is 9.47 Å². The standard InChI is InChI=1S/C17H24N2O3/c1-17(14-4-3-9-18-10-14)12-22-16(20)19(17)11-13-5-7-15(21-2)8-6-13/h5-8,14,18H,3-4,9-12H2,1-2H3. The molecule has 5 heteroatoms. The Kier molecular flexibility index (Phi) is 4.25. The summed E-state index contributed by atoms with van der Waals surface area (Å²) in [6.07, 6.45) is 2.09. The number of cyclic esters (lactones) is 1. The second-order valence-corrected chi connectivity index (χ2v) is 6.39. The number of hydrogen-bond donors (Lipinski definition) is 1. The summed E-state index contributed by atoms with van der Waals surface area (Å²) in [5, 5.41) is 3.44. The number of carbonyl (C=O) groups is 1. The highest BCUT2D eigenvalue weighted by Gasteiger charge is 2.48. The number of methoxy groups -OCH3 is 1. The van der Waals surface area contributed by atoms with Gasteiger partial charge in [0.05, 0.1) is 12.6 Å². The molecule has 1 aromatic carbocycles. The molecule has 0 aliphatic carbocycles. The number of carbonyl (C=O) groups excluding carboxylic acids is 1. The summed E-state index contributed by atoms with van der Waals surface area (Å²) < 4.78 is 10.6. The van der Waals surface area contributed by atoms with E-state index in [1.807, 2.05) is 29.2 Å². The molecule has 120 valence electrons. The van der Waals surface area contributed by atoms with Crippen molar-refractivity contribution >= 4 is 6.09 Å². The van der Waals surface area contributed by atoms with Crippen LogP contribution < -0.4 is 10.1 Å². The SMILES string of the molecule is COc1ccc(CN2C(=O)OCC2(C)C2CCCNC2)cc1. The Hall–Kier alpha value is -1.75. The van der Waals surface area contributed by atoms with Gasteiger partial charge >= 0.3 is 6.09 Å². The lowest BCUT2D eigenvalue weighted by Crippen LogP contribution is -2.54. The molecule has 1 aromatic rings. The number of ether oxygens (including phenoxy) is 2. The van der Waals surface area contributed by atoms with Crippen LogP contribution in [0.15, 0.2) is 24.3 Å². The summed E-state index contributed by atoms with van der Waals surface area (Å²) in [4.78, 5) is 14.1. The van der Waals surface area contributed by atoms with Crippen molar-refractivity contribution in [1.82, 2.24) is 10.2 Å². The molecule has 0 bridgehead atoms. The first-order chi connectivity index (χ1) is 10.6. The maximum Gasteiger partial charge on any atom is 0.410 e. The quantitative estimate of drug-likeness (QED) is 0.928. The minimum atomic E-state index is -0.232. The average Bonchev–Trinajstić information content (AvgIpc) is 2.86. The minimum Gasteiger partial charge on any atom is -0.497 e. The minimum absolute atomic E-state index is 0.205. The highest BCUT2D eigenvalue weighted by molar-refractivity contribution is 5.71.